The first kappa shape index (κ1) is 16.9. The molecule has 0 saturated carbocycles. The van der Waals surface area contributed by atoms with Crippen molar-refractivity contribution in [2.45, 2.75) is 38.2 Å². The third-order valence-electron chi connectivity index (χ3n) is 5.13. The zero-order valence-corrected chi connectivity index (χ0v) is 14.9. The lowest BCUT2D eigenvalue weighted by molar-refractivity contribution is 0.0377. The van der Waals surface area contributed by atoms with Crippen molar-refractivity contribution in [2.24, 2.45) is 0 Å². The van der Waals surface area contributed by atoms with Gasteiger partial charge in [-0.3, -0.25) is 9.89 Å². The normalized spacial score (nSPS) is 22.1. The fourth-order valence-corrected chi connectivity index (χ4v) is 3.55. The van der Waals surface area contributed by atoms with Gasteiger partial charge >= 0.3 is 0 Å². The Balaban J connectivity index is 1.45. The van der Waals surface area contributed by atoms with Crippen LogP contribution in [0.25, 0.3) is 0 Å². The van der Waals surface area contributed by atoms with Crippen molar-refractivity contribution < 1.29 is 19.4 Å². The van der Waals surface area contributed by atoms with E-state index in [0.29, 0.717) is 31.0 Å². The molecule has 1 fully saturated rings. The van der Waals surface area contributed by atoms with Crippen LogP contribution in [0.5, 0.6) is 11.5 Å². The fourth-order valence-electron chi connectivity index (χ4n) is 3.55. The number of rotatable bonds is 3. The molecule has 2 N–H and O–H groups in total. The van der Waals surface area contributed by atoms with Crippen LogP contribution in [0, 0.1) is 0 Å². The van der Waals surface area contributed by atoms with Crippen LogP contribution in [-0.2, 0) is 0 Å². The number of piperidine rings is 1. The molecule has 1 aromatic carbocycles. The molecule has 0 aliphatic carbocycles. The van der Waals surface area contributed by atoms with Crippen LogP contribution < -0.4 is 9.47 Å². The Morgan fingerprint density at radius 2 is 2.12 bits per heavy atom. The lowest BCUT2D eigenvalue weighted by Crippen LogP contribution is -2.45. The van der Waals surface area contributed by atoms with Crippen molar-refractivity contribution in [3.8, 4) is 11.5 Å². The molecule has 4 rings (SSSR count). The highest BCUT2D eigenvalue weighted by molar-refractivity contribution is 5.92. The number of benzene rings is 1. The smallest absolute Gasteiger partial charge is 0.274 e. The Hall–Kier alpha value is -2.54. The van der Waals surface area contributed by atoms with Gasteiger partial charge in [-0.25, -0.2) is 0 Å². The van der Waals surface area contributed by atoms with Gasteiger partial charge < -0.3 is 19.5 Å². The van der Waals surface area contributed by atoms with Gasteiger partial charge in [0.2, 0.25) is 6.79 Å². The van der Waals surface area contributed by atoms with Crippen LogP contribution >= 0.6 is 0 Å². The number of carbonyl (C=O) groups is 1. The van der Waals surface area contributed by atoms with E-state index >= 15 is 0 Å². The molecule has 2 aromatic rings. The summed E-state index contributed by atoms with van der Waals surface area (Å²) in [4.78, 5) is 14.3. The lowest BCUT2D eigenvalue weighted by atomic mass is 9.87. The molecule has 0 bridgehead atoms. The van der Waals surface area contributed by atoms with E-state index in [0.717, 1.165) is 17.0 Å². The number of aliphatic hydroxyl groups is 1. The summed E-state index contributed by atoms with van der Waals surface area (Å²) in [6.07, 6.45) is 0.0603. The van der Waals surface area contributed by atoms with Crippen molar-refractivity contribution in [3.63, 3.8) is 0 Å². The number of β-amino-alcohol motifs (C(OH)–C–C–N with tert-alkyl or cyclic N) is 1. The van der Waals surface area contributed by atoms with Gasteiger partial charge in [0, 0.05) is 24.7 Å². The summed E-state index contributed by atoms with van der Waals surface area (Å²) < 4.78 is 10.8. The molecule has 0 unspecified atom stereocenters. The van der Waals surface area contributed by atoms with Crippen molar-refractivity contribution >= 4 is 5.91 Å². The maximum Gasteiger partial charge on any atom is 0.274 e. The van der Waals surface area contributed by atoms with Crippen molar-refractivity contribution in [1.29, 1.82) is 0 Å². The minimum atomic E-state index is -0.628. The van der Waals surface area contributed by atoms with E-state index in [4.69, 9.17) is 9.47 Å². The van der Waals surface area contributed by atoms with Crippen LogP contribution in [0.3, 0.4) is 0 Å². The molecule has 1 aromatic heterocycles. The molecule has 2 aliphatic heterocycles. The molecule has 2 atom stereocenters. The second-order valence-corrected chi connectivity index (χ2v) is 7.19. The summed E-state index contributed by atoms with van der Waals surface area (Å²) >= 11 is 0. The molecule has 0 radical (unpaired) electrons. The number of likely N-dealkylation sites (tertiary alicyclic amines) is 1. The van der Waals surface area contributed by atoms with Gasteiger partial charge in [-0.15, -0.1) is 0 Å². The average Bonchev–Trinajstić information content (AvgIpc) is 3.29. The van der Waals surface area contributed by atoms with E-state index in [1.807, 2.05) is 32.0 Å². The molecule has 2 aliphatic rings. The summed E-state index contributed by atoms with van der Waals surface area (Å²) in [5, 5.41) is 17.7. The number of hydrogen-bond donors (Lipinski definition) is 2. The fraction of sp³-hybridized carbons (Fsp3) is 0.474. The molecule has 1 saturated heterocycles. The zero-order valence-electron chi connectivity index (χ0n) is 14.9. The number of aromatic amines is 1. The predicted molar refractivity (Wildman–Crippen MR) is 94.5 cm³/mol. The van der Waals surface area contributed by atoms with E-state index < -0.39 is 6.10 Å². The number of nitrogens with one attached hydrogen (secondary N) is 1. The first-order chi connectivity index (χ1) is 12.5. The van der Waals surface area contributed by atoms with Crippen molar-refractivity contribution in [2.75, 3.05) is 19.9 Å². The van der Waals surface area contributed by atoms with Crippen LogP contribution in [0.1, 0.15) is 53.8 Å². The standard InChI is InChI=1S/C19H23N3O4/c1-11(2)14-8-15(21-20-14)19(24)22-6-5-13(16(23)9-22)12-3-4-17-18(7-12)26-10-25-17/h3-4,7-8,11,13,16,23H,5-6,9-10H2,1-2H3,(H,20,21)/t13-,16+/m0/s1. The van der Waals surface area contributed by atoms with Crippen molar-refractivity contribution in [3.05, 3.63) is 41.2 Å². The number of amides is 1. The Bertz CT molecular complexity index is 817. The third-order valence-corrected chi connectivity index (χ3v) is 5.13. The van der Waals surface area contributed by atoms with E-state index in [9.17, 15) is 9.90 Å². The van der Waals surface area contributed by atoms with Crippen LogP contribution in [0.15, 0.2) is 24.3 Å². The largest absolute Gasteiger partial charge is 0.454 e. The monoisotopic (exact) mass is 357 g/mol. The zero-order chi connectivity index (χ0) is 18.3. The van der Waals surface area contributed by atoms with E-state index in [2.05, 4.69) is 10.2 Å². The Labute approximate surface area is 151 Å². The van der Waals surface area contributed by atoms with Crippen LogP contribution in [0.2, 0.25) is 0 Å². The van der Waals surface area contributed by atoms with E-state index in [1.54, 1.807) is 11.0 Å². The predicted octanol–water partition coefficient (Wildman–Crippen LogP) is 2.25. The van der Waals surface area contributed by atoms with E-state index in [-0.39, 0.29) is 24.5 Å². The quantitative estimate of drug-likeness (QED) is 0.880. The number of aliphatic hydroxyl groups excluding tert-OH is 1. The van der Waals surface area contributed by atoms with Crippen LogP contribution in [-0.4, -0.2) is 52.1 Å². The number of ether oxygens (including phenoxy) is 2. The Kier molecular flexibility index (Phi) is 4.32. The maximum absolute atomic E-state index is 12.7. The number of carbonyl (C=O) groups excluding carboxylic acids is 1. The Morgan fingerprint density at radius 1 is 1.31 bits per heavy atom. The third kappa shape index (κ3) is 3.03. The minimum absolute atomic E-state index is 0.0287. The summed E-state index contributed by atoms with van der Waals surface area (Å²) in [7, 11) is 0. The molecular weight excluding hydrogens is 334 g/mol. The first-order valence-electron chi connectivity index (χ1n) is 8.95. The first-order valence-corrected chi connectivity index (χ1v) is 8.95. The molecule has 7 heteroatoms. The number of hydrogen-bond acceptors (Lipinski definition) is 5. The van der Waals surface area contributed by atoms with Gasteiger partial charge in [0.25, 0.3) is 5.91 Å². The maximum atomic E-state index is 12.7. The summed E-state index contributed by atoms with van der Waals surface area (Å²) in [5.74, 6) is 1.56. The number of aromatic nitrogens is 2. The molecule has 138 valence electrons. The van der Waals surface area contributed by atoms with Gasteiger partial charge in [0.05, 0.1) is 6.10 Å². The molecule has 26 heavy (non-hydrogen) atoms. The van der Waals surface area contributed by atoms with E-state index in [1.165, 1.54) is 0 Å². The van der Waals surface area contributed by atoms with Gasteiger partial charge in [-0.2, -0.15) is 5.10 Å². The van der Waals surface area contributed by atoms with Gasteiger partial charge in [0.1, 0.15) is 5.69 Å². The number of H-pyrrole nitrogens is 1. The molecule has 1 amide bonds. The SMILES string of the molecule is CC(C)c1cc(C(=O)N2CC[C@@H](c3ccc4c(c3)OCO4)[C@H](O)C2)n[nH]1. The highest BCUT2D eigenvalue weighted by atomic mass is 16.7. The summed E-state index contributed by atoms with van der Waals surface area (Å²) in [6.45, 7) is 5.20. The summed E-state index contributed by atoms with van der Waals surface area (Å²) in [5.41, 5.74) is 2.35. The summed E-state index contributed by atoms with van der Waals surface area (Å²) in [6, 6.07) is 7.56. The lowest BCUT2D eigenvalue weighted by Gasteiger charge is -2.36. The Morgan fingerprint density at radius 3 is 2.85 bits per heavy atom. The second-order valence-electron chi connectivity index (χ2n) is 7.19. The number of fused-ring (bicyclic) bond motifs is 1. The minimum Gasteiger partial charge on any atom is -0.454 e. The highest BCUT2D eigenvalue weighted by Crippen LogP contribution is 2.37. The van der Waals surface area contributed by atoms with Crippen molar-refractivity contribution in [1.82, 2.24) is 15.1 Å². The van der Waals surface area contributed by atoms with Crippen LogP contribution in [0.4, 0.5) is 0 Å². The topological polar surface area (TPSA) is 87.7 Å². The van der Waals surface area contributed by atoms with Gasteiger partial charge in [0.15, 0.2) is 11.5 Å². The second kappa shape index (κ2) is 6.64. The number of nitrogens with zero attached hydrogens (tertiary/aromatic N) is 2. The average molecular weight is 357 g/mol. The molecule has 7 nitrogen and oxygen atoms in total. The van der Waals surface area contributed by atoms with Gasteiger partial charge in [-0.05, 0) is 36.1 Å². The highest BCUT2D eigenvalue weighted by Gasteiger charge is 2.33. The molecule has 0 spiro atoms. The van der Waals surface area contributed by atoms with Gasteiger partial charge in [-0.1, -0.05) is 19.9 Å². The molecule has 3 heterocycles. The molecular formula is C19H23N3O4.